The molecule has 2 aliphatic rings. The number of aliphatic hydroxyl groups excluding tert-OH is 1. The zero-order chi connectivity index (χ0) is 27.1. The first-order valence-corrected chi connectivity index (χ1v) is 14.0. The van der Waals surface area contributed by atoms with Crippen LogP contribution in [0.1, 0.15) is 36.7 Å². The van der Waals surface area contributed by atoms with E-state index in [1.165, 1.54) is 4.31 Å². The molecule has 1 amide bonds. The first kappa shape index (κ1) is 26.7. The van der Waals surface area contributed by atoms with Crippen LogP contribution in [0.15, 0.2) is 59.9 Å². The molecule has 0 bridgehead atoms. The van der Waals surface area contributed by atoms with Crippen LogP contribution in [0.3, 0.4) is 0 Å². The monoisotopic (exact) mass is 543 g/mol. The quantitative estimate of drug-likeness (QED) is 0.429. The second-order valence-corrected chi connectivity index (χ2v) is 12.4. The van der Waals surface area contributed by atoms with E-state index in [0.717, 1.165) is 11.2 Å². The van der Waals surface area contributed by atoms with Crippen molar-refractivity contribution in [3.05, 3.63) is 66.1 Å². The zero-order valence-corrected chi connectivity index (χ0v) is 22.5. The lowest BCUT2D eigenvalue weighted by Gasteiger charge is -2.36. The molecular formula is C26H33N5O6S. The van der Waals surface area contributed by atoms with Gasteiger partial charge in [0.25, 0.3) is 5.91 Å². The fourth-order valence-corrected chi connectivity index (χ4v) is 6.43. The highest BCUT2D eigenvalue weighted by molar-refractivity contribution is 7.89. The smallest absolute Gasteiger partial charge is 0.253 e. The van der Waals surface area contributed by atoms with Crippen LogP contribution >= 0.6 is 0 Å². The summed E-state index contributed by atoms with van der Waals surface area (Å²) in [7, 11) is -3.80. The Morgan fingerprint density at radius 3 is 2.71 bits per heavy atom. The molecule has 2 saturated heterocycles. The number of hydrogen-bond acceptors (Lipinski definition) is 8. The molecule has 2 N–H and O–H groups in total. The predicted molar refractivity (Wildman–Crippen MR) is 139 cm³/mol. The third kappa shape index (κ3) is 5.60. The van der Waals surface area contributed by atoms with Crippen molar-refractivity contribution in [2.75, 3.05) is 26.2 Å². The number of nitrogens with one attached hydrogen (secondary N) is 1. The minimum Gasteiger partial charge on any atom is -0.374 e. The number of sulfonamides is 1. The molecule has 3 atom stereocenters. The number of likely N-dealkylation sites (tertiary alicyclic amines) is 1. The van der Waals surface area contributed by atoms with Crippen molar-refractivity contribution < 1.29 is 27.8 Å². The van der Waals surface area contributed by atoms with Gasteiger partial charge in [0.2, 0.25) is 16.4 Å². The first-order valence-electron chi connectivity index (χ1n) is 12.5. The Kier molecular flexibility index (Phi) is 7.29. The molecule has 204 valence electrons. The summed E-state index contributed by atoms with van der Waals surface area (Å²) < 4.78 is 41.9. The number of benzene rings is 1. The van der Waals surface area contributed by atoms with Gasteiger partial charge in [-0.3, -0.25) is 9.69 Å². The van der Waals surface area contributed by atoms with Crippen LogP contribution < -0.4 is 5.32 Å². The highest BCUT2D eigenvalue weighted by atomic mass is 32.2. The van der Waals surface area contributed by atoms with Crippen molar-refractivity contribution in [3.63, 3.8) is 0 Å². The summed E-state index contributed by atoms with van der Waals surface area (Å²) in [6, 6.07) is 9.57. The van der Waals surface area contributed by atoms with E-state index in [-0.39, 0.29) is 36.6 Å². The van der Waals surface area contributed by atoms with Crippen LogP contribution in [0.5, 0.6) is 0 Å². The molecule has 0 aliphatic carbocycles. The Balaban J connectivity index is 1.23. The van der Waals surface area contributed by atoms with Crippen molar-refractivity contribution >= 4 is 21.6 Å². The van der Waals surface area contributed by atoms with Crippen molar-refractivity contribution in [2.45, 2.75) is 56.4 Å². The Morgan fingerprint density at radius 2 is 1.97 bits per heavy atom. The van der Waals surface area contributed by atoms with Crippen LogP contribution in [0, 0.1) is 0 Å². The van der Waals surface area contributed by atoms with Gasteiger partial charge in [-0.05, 0) is 50.6 Å². The van der Waals surface area contributed by atoms with Crippen LogP contribution in [-0.4, -0.2) is 88.4 Å². The number of aliphatic hydroxyl groups is 1. The Morgan fingerprint density at radius 1 is 1.21 bits per heavy atom. The lowest BCUT2D eigenvalue weighted by molar-refractivity contribution is -0.235. The van der Waals surface area contributed by atoms with Gasteiger partial charge < -0.3 is 24.3 Å². The van der Waals surface area contributed by atoms with Crippen molar-refractivity contribution in [3.8, 4) is 0 Å². The number of imidazole rings is 1. The number of carbonyl (C=O) groups excluding carboxylic acids is 1. The lowest BCUT2D eigenvalue weighted by atomic mass is 10.2. The van der Waals surface area contributed by atoms with Gasteiger partial charge in [-0.25, -0.2) is 13.4 Å². The molecule has 4 heterocycles. The molecule has 38 heavy (non-hydrogen) atoms. The maximum atomic E-state index is 13.6. The molecule has 2 fully saturated rings. The summed E-state index contributed by atoms with van der Waals surface area (Å²) in [4.78, 5) is 18.6. The third-order valence-corrected chi connectivity index (χ3v) is 8.62. The second-order valence-electron chi connectivity index (χ2n) is 10.5. The fraction of sp³-hybridized carbons (Fsp3) is 0.462. The number of amides is 1. The number of pyridine rings is 1. The molecule has 0 spiro atoms. The Bertz CT molecular complexity index is 1400. The van der Waals surface area contributed by atoms with E-state index in [4.69, 9.17) is 9.47 Å². The highest BCUT2D eigenvalue weighted by Crippen LogP contribution is 2.30. The summed E-state index contributed by atoms with van der Waals surface area (Å²) in [5.74, 6) is -0.236. The SMILES string of the molecule is CC(C)(C)OC(O)N1CC2OCCN(S(=O)(=O)c3ccc(CNC(=O)c4ccc5nccn5c4)cc3)C2C1. The predicted octanol–water partition coefficient (Wildman–Crippen LogP) is 1.43. The number of morpholine rings is 1. The van der Waals surface area contributed by atoms with Crippen LogP contribution in [-0.2, 0) is 26.0 Å². The van der Waals surface area contributed by atoms with Crippen molar-refractivity contribution in [1.82, 2.24) is 23.9 Å². The zero-order valence-electron chi connectivity index (χ0n) is 21.6. The van der Waals surface area contributed by atoms with Crippen LogP contribution in [0.2, 0.25) is 0 Å². The van der Waals surface area contributed by atoms with Gasteiger partial charge in [-0.15, -0.1) is 0 Å². The maximum absolute atomic E-state index is 13.6. The molecule has 5 rings (SSSR count). The van der Waals surface area contributed by atoms with Gasteiger partial charge in [-0.1, -0.05) is 12.1 Å². The summed E-state index contributed by atoms with van der Waals surface area (Å²) in [6.45, 7) is 6.98. The summed E-state index contributed by atoms with van der Waals surface area (Å²) >= 11 is 0. The van der Waals surface area contributed by atoms with Gasteiger partial charge in [0.05, 0.1) is 34.8 Å². The molecule has 3 aromatic rings. The topological polar surface area (TPSA) is 126 Å². The van der Waals surface area contributed by atoms with E-state index >= 15 is 0 Å². The van der Waals surface area contributed by atoms with Gasteiger partial charge in [0.1, 0.15) is 5.65 Å². The molecular weight excluding hydrogens is 510 g/mol. The standard InChI is InChI=1S/C26H33N5O6S/c1-26(2,3)37-25(33)30-16-21-22(17-30)36-13-12-31(21)38(34,35)20-7-4-18(5-8-20)14-28-24(32)19-6-9-23-27-10-11-29(23)15-19/h4-11,15,21-22,25,33H,12-14,16-17H2,1-3H3,(H,28,32). The van der Waals surface area contributed by atoms with E-state index in [9.17, 15) is 18.3 Å². The highest BCUT2D eigenvalue weighted by Gasteiger charge is 2.47. The first-order chi connectivity index (χ1) is 18.0. The van der Waals surface area contributed by atoms with Gasteiger partial charge in [0, 0.05) is 44.8 Å². The second kappa shape index (κ2) is 10.4. The molecule has 2 aromatic heterocycles. The van der Waals surface area contributed by atoms with Crippen molar-refractivity contribution in [1.29, 1.82) is 0 Å². The van der Waals surface area contributed by atoms with E-state index in [1.807, 2.05) is 20.8 Å². The Labute approximate surface area is 222 Å². The van der Waals surface area contributed by atoms with Crippen molar-refractivity contribution in [2.24, 2.45) is 0 Å². The molecule has 11 nitrogen and oxygen atoms in total. The largest absolute Gasteiger partial charge is 0.374 e. The number of fused-ring (bicyclic) bond motifs is 2. The van der Waals surface area contributed by atoms with Crippen LogP contribution in [0.25, 0.3) is 5.65 Å². The summed E-state index contributed by atoms with van der Waals surface area (Å²) in [6.07, 6.45) is 3.64. The van der Waals surface area contributed by atoms with Gasteiger partial charge in [-0.2, -0.15) is 4.31 Å². The Hall–Kier alpha value is -2.87. The van der Waals surface area contributed by atoms with E-state index < -0.39 is 28.1 Å². The minimum absolute atomic E-state index is 0.170. The number of rotatable bonds is 7. The summed E-state index contributed by atoms with van der Waals surface area (Å²) in [5, 5.41) is 13.4. The summed E-state index contributed by atoms with van der Waals surface area (Å²) in [5.41, 5.74) is 1.48. The number of hydrogen-bond donors (Lipinski definition) is 2. The number of carbonyl (C=O) groups is 1. The molecule has 0 saturated carbocycles. The van der Waals surface area contributed by atoms with E-state index in [0.29, 0.717) is 18.7 Å². The maximum Gasteiger partial charge on any atom is 0.253 e. The van der Waals surface area contributed by atoms with E-state index in [1.54, 1.807) is 64.3 Å². The fourth-order valence-electron chi connectivity index (χ4n) is 4.81. The van der Waals surface area contributed by atoms with Gasteiger partial charge >= 0.3 is 0 Å². The molecule has 0 radical (unpaired) electrons. The molecule has 3 unspecified atom stereocenters. The number of ether oxygens (including phenoxy) is 2. The lowest BCUT2D eigenvalue weighted by Crippen LogP contribution is -2.53. The number of aromatic nitrogens is 2. The third-order valence-electron chi connectivity index (χ3n) is 6.68. The van der Waals surface area contributed by atoms with Crippen LogP contribution in [0.4, 0.5) is 0 Å². The normalized spacial score (nSPS) is 21.9. The minimum atomic E-state index is -3.80. The van der Waals surface area contributed by atoms with Gasteiger partial charge in [0.15, 0.2) is 0 Å². The molecule has 1 aromatic carbocycles. The average molecular weight is 544 g/mol. The average Bonchev–Trinajstić information content (AvgIpc) is 3.53. The van der Waals surface area contributed by atoms with E-state index in [2.05, 4.69) is 10.3 Å². The molecule has 2 aliphatic heterocycles. The molecule has 12 heteroatoms. The number of nitrogens with zero attached hydrogens (tertiary/aromatic N) is 4.